The van der Waals surface area contributed by atoms with Crippen LogP contribution in [0.1, 0.15) is 70.9 Å². The van der Waals surface area contributed by atoms with Gasteiger partial charge in [-0.2, -0.15) is 0 Å². The standard InChI is InChI=1S/C28H34N2O4S/c1-17(2)23-16-24(20(5)14-26(23)34-7)21(6)29-28(31)22-13-12-19(4)27(15-22)35(32,33)30-25-11-9-8-10-18(25)3/h8-17,21,30H,1-7H3,(H,29,31). The number of methoxy groups -OCH3 is 1. The Kier molecular flexibility index (Phi) is 7.90. The number of benzene rings is 3. The first-order chi connectivity index (χ1) is 16.4. The number of carbonyl (C=O) groups is 1. The molecular weight excluding hydrogens is 460 g/mol. The SMILES string of the molecule is COc1cc(C)c(C(C)NC(=O)c2ccc(C)c(S(=O)(=O)Nc3ccccc3C)c2)cc1C(C)C. The summed E-state index contributed by atoms with van der Waals surface area (Å²) in [7, 11) is -2.22. The molecule has 0 fully saturated rings. The molecule has 0 radical (unpaired) electrons. The summed E-state index contributed by atoms with van der Waals surface area (Å²) in [5.41, 5.74) is 5.22. The molecule has 2 N–H and O–H groups in total. The summed E-state index contributed by atoms with van der Waals surface area (Å²) in [6, 6.07) is 15.7. The highest BCUT2D eigenvalue weighted by molar-refractivity contribution is 7.92. The average molecular weight is 495 g/mol. The molecule has 0 aliphatic carbocycles. The lowest BCUT2D eigenvalue weighted by atomic mass is 9.93. The zero-order chi connectivity index (χ0) is 25.9. The lowest BCUT2D eigenvalue weighted by molar-refractivity contribution is 0.0939. The number of hydrogen-bond acceptors (Lipinski definition) is 4. The van der Waals surface area contributed by atoms with Gasteiger partial charge < -0.3 is 10.1 Å². The zero-order valence-corrected chi connectivity index (χ0v) is 22.2. The number of ether oxygens (including phenoxy) is 1. The fraction of sp³-hybridized carbons (Fsp3) is 0.321. The largest absolute Gasteiger partial charge is 0.496 e. The van der Waals surface area contributed by atoms with Gasteiger partial charge in [0.25, 0.3) is 15.9 Å². The van der Waals surface area contributed by atoms with E-state index in [1.54, 1.807) is 38.3 Å². The number of hydrogen-bond donors (Lipinski definition) is 2. The van der Waals surface area contributed by atoms with Gasteiger partial charge >= 0.3 is 0 Å². The highest BCUT2D eigenvalue weighted by atomic mass is 32.2. The molecule has 7 heteroatoms. The van der Waals surface area contributed by atoms with Crippen molar-refractivity contribution in [3.63, 3.8) is 0 Å². The number of rotatable bonds is 8. The van der Waals surface area contributed by atoms with E-state index < -0.39 is 10.0 Å². The second kappa shape index (κ2) is 10.5. The van der Waals surface area contributed by atoms with Gasteiger partial charge in [-0.3, -0.25) is 9.52 Å². The van der Waals surface area contributed by atoms with Crippen molar-refractivity contribution in [1.29, 1.82) is 0 Å². The summed E-state index contributed by atoms with van der Waals surface area (Å²) in [4.78, 5) is 13.2. The number of anilines is 1. The predicted octanol–water partition coefficient (Wildman–Crippen LogP) is 6.04. The molecule has 0 saturated carbocycles. The van der Waals surface area contributed by atoms with Gasteiger partial charge in [0, 0.05) is 5.56 Å². The second-order valence-electron chi connectivity index (χ2n) is 9.20. The van der Waals surface area contributed by atoms with Crippen molar-refractivity contribution in [2.24, 2.45) is 0 Å². The summed E-state index contributed by atoms with van der Waals surface area (Å²) >= 11 is 0. The van der Waals surface area contributed by atoms with Crippen LogP contribution in [0.2, 0.25) is 0 Å². The third kappa shape index (κ3) is 5.85. The van der Waals surface area contributed by atoms with E-state index in [-0.39, 0.29) is 28.3 Å². The molecule has 3 rings (SSSR count). The van der Waals surface area contributed by atoms with Crippen LogP contribution in [-0.4, -0.2) is 21.4 Å². The summed E-state index contributed by atoms with van der Waals surface area (Å²) in [6.07, 6.45) is 0. The van der Waals surface area contributed by atoms with E-state index >= 15 is 0 Å². The molecule has 0 saturated heterocycles. The zero-order valence-electron chi connectivity index (χ0n) is 21.4. The quantitative estimate of drug-likeness (QED) is 0.400. The Morgan fingerprint density at radius 1 is 0.857 bits per heavy atom. The van der Waals surface area contributed by atoms with Crippen LogP contribution < -0.4 is 14.8 Å². The summed E-state index contributed by atoms with van der Waals surface area (Å²) in [5.74, 6) is 0.748. The first-order valence-electron chi connectivity index (χ1n) is 11.6. The van der Waals surface area contributed by atoms with Crippen LogP contribution >= 0.6 is 0 Å². The Labute approximate surface area is 208 Å². The minimum Gasteiger partial charge on any atom is -0.496 e. The maximum absolute atomic E-state index is 13.1. The number of sulfonamides is 1. The van der Waals surface area contributed by atoms with Gasteiger partial charge in [0.15, 0.2) is 0 Å². The highest BCUT2D eigenvalue weighted by Crippen LogP contribution is 2.32. The third-order valence-electron chi connectivity index (χ3n) is 6.18. The second-order valence-corrected chi connectivity index (χ2v) is 10.9. The lowest BCUT2D eigenvalue weighted by Crippen LogP contribution is -2.27. The Hall–Kier alpha value is -3.32. The van der Waals surface area contributed by atoms with E-state index in [1.807, 2.05) is 39.0 Å². The number of nitrogens with one attached hydrogen (secondary N) is 2. The molecule has 0 heterocycles. The van der Waals surface area contributed by atoms with E-state index in [0.717, 1.165) is 28.0 Å². The third-order valence-corrected chi connectivity index (χ3v) is 7.69. The minimum atomic E-state index is -3.88. The monoisotopic (exact) mass is 494 g/mol. The smallest absolute Gasteiger partial charge is 0.262 e. The predicted molar refractivity (Wildman–Crippen MR) is 141 cm³/mol. The van der Waals surface area contributed by atoms with Crippen molar-refractivity contribution in [2.45, 2.75) is 58.4 Å². The molecule has 1 amide bonds. The topological polar surface area (TPSA) is 84.5 Å². The maximum Gasteiger partial charge on any atom is 0.262 e. The summed E-state index contributed by atoms with van der Waals surface area (Å²) < 4.78 is 34.5. The molecule has 1 unspecified atom stereocenters. The Morgan fingerprint density at radius 2 is 1.54 bits per heavy atom. The number of para-hydroxylation sites is 1. The Bertz CT molecular complexity index is 1350. The molecule has 0 aromatic heterocycles. The van der Waals surface area contributed by atoms with E-state index in [4.69, 9.17) is 4.74 Å². The van der Waals surface area contributed by atoms with E-state index in [1.165, 1.54) is 6.07 Å². The molecule has 0 aliphatic heterocycles. The van der Waals surface area contributed by atoms with Crippen molar-refractivity contribution < 1.29 is 17.9 Å². The molecule has 3 aromatic rings. The van der Waals surface area contributed by atoms with Crippen LogP contribution in [0.4, 0.5) is 5.69 Å². The molecule has 186 valence electrons. The highest BCUT2D eigenvalue weighted by Gasteiger charge is 2.22. The van der Waals surface area contributed by atoms with Gasteiger partial charge in [-0.15, -0.1) is 0 Å². The summed E-state index contributed by atoms with van der Waals surface area (Å²) in [6.45, 7) is 11.6. The van der Waals surface area contributed by atoms with Gasteiger partial charge in [-0.05, 0) is 91.8 Å². The van der Waals surface area contributed by atoms with Gasteiger partial charge in [-0.25, -0.2) is 8.42 Å². The van der Waals surface area contributed by atoms with Crippen LogP contribution in [0.25, 0.3) is 0 Å². The van der Waals surface area contributed by atoms with E-state index in [0.29, 0.717) is 11.3 Å². The van der Waals surface area contributed by atoms with E-state index in [2.05, 4.69) is 30.0 Å². The van der Waals surface area contributed by atoms with Gasteiger partial charge in [0.05, 0.1) is 23.7 Å². The maximum atomic E-state index is 13.1. The molecule has 0 aliphatic rings. The lowest BCUT2D eigenvalue weighted by Gasteiger charge is -2.21. The molecule has 3 aromatic carbocycles. The van der Waals surface area contributed by atoms with Gasteiger partial charge in [0.1, 0.15) is 5.75 Å². The van der Waals surface area contributed by atoms with Crippen LogP contribution in [0, 0.1) is 20.8 Å². The van der Waals surface area contributed by atoms with Crippen molar-refractivity contribution in [1.82, 2.24) is 5.32 Å². The van der Waals surface area contributed by atoms with Crippen molar-refractivity contribution in [3.05, 3.63) is 88.0 Å². The fourth-order valence-electron chi connectivity index (χ4n) is 4.09. The number of carbonyl (C=O) groups excluding carboxylic acids is 1. The molecule has 1 atom stereocenters. The molecule has 0 bridgehead atoms. The number of aryl methyl sites for hydroxylation is 3. The van der Waals surface area contributed by atoms with Crippen molar-refractivity contribution in [2.75, 3.05) is 11.8 Å². The Balaban J connectivity index is 1.88. The van der Waals surface area contributed by atoms with Gasteiger partial charge in [0.2, 0.25) is 0 Å². The van der Waals surface area contributed by atoms with Gasteiger partial charge in [-0.1, -0.05) is 38.1 Å². The molecule has 6 nitrogen and oxygen atoms in total. The van der Waals surface area contributed by atoms with Crippen LogP contribution in [0.3, 0.4) is 0 Å². The number of amides is 1. The van der Waals surface area contributed by atoms with E-state index in [9.17, 15) is 13.2 Å². The van der Waals surface area contributed by atoms with Crippen LogP contribution in [-0.2, 0) is 10.0 Å². The molecule has 35 heavy (non-hydrogen) atoms. The molecule has 0 spiro atoms. The summed E-state index contributed by atoms with van der Waals surface area (Å²) in [5, 5.41) is 3.02. The fourth-order valence-corrected chi connectivity index (χ4v) is 5.49. The van der Waals surface area contributed by atoms with Crippen LogP contribution in [0.15, 0.2) is 59.5 Å². The normalized spacial score (nSPS) is 12.3. The average Bonchev–Trinajstić information content (AvgIpc) is 2.79. The Morgan fingerprint density at radius 3 is 2.17 bits per heavy atom. The van der Waals surface area contributed by atoms with Crippen molar-refractivity contribution >= 4 is 21.6 Å². The van der Waals surface area contributed by atoms with Crippen LogP contribution in [0.5, 0.6) is 5.75 Å². The first kappa shape index (κ1) is 26.3. The van der Waals surface area contributed by atoms with Crippen molar-refractivity contribution in [3.8, 4) is 5.75 Å². The molecular formula is C28H34N2O4S. The first-order valence-corrected chi connectivity index (χ1v) is 13.1. The minimum absolute atomic E-state index is 0.0729.